The van der Waals surface area contributed by atoms with Crippen LogP contribution in [0.2, 0.25) is 0 Å². The smallest absolute Gasteiger partial charge is 0.166 e. The second-order valence-corrected chi connectivity index (χ2v) is 10.1. The fraction of sp³-hybridized carbons (Fsp3) is 0.481. The van der Waals surface area contributed by atoms with Crippen LogP contribution in [0.4, 0.5) is 11.4 Å². The van der Waals surface area contributed by atoms with Gasteiger partial charge >= 0.3 is 0 Å². The van der Waals surface area contributed by atoms with E-state index in [4.69, 9.17) is 0 Å². The van der Waals surface area contributed by atoms with Gasteiger partial charge in [-0.3, -0.25) is 9.59 Å². The summed E-state index contributed by atoms with van der Waals surface area (Å²) >= 11 is 0. The number of Topliss-reactive ketones (excluding diaryl/α,β-unsaturated/α-hetero) is 2. The highest BCUT2D eigenvalue weighted by Gasteiger charge is 2.38. The minimum Gasteiger partial charge on any atom is -0.370 e. The molecule has 0 radical (unpaired) electrons. The zero-order valence-corrected chi connectivity index (χ0v) is 18.6. The molecular weight excluding hydrogens is 384 g/mol. The Hall–Kier alpha value is -2.62. The van der Waals surface area contributed by atoms with Crippen molar-refractivity contribution in [1.29, 1.82) is 0 Å². The summed E-state index contributed by atoms with van der Waals surface area (Å²) in [4.78, 5) is 30.1. The summed E-state index contributed by atoms with van der Waals surface area (Å²) in [6.07, 6.45) is 5.63. The van der Waals surface area contributed by atoms with Crippen LogP contribution in [0, 0.1) is 0 Å². The van der Waals surface area contributed by atoms with Gasteiger partial charge in [-0.2, -0.15) is 0 Å². The van der Waals surface area contributed by atoms with Crippen molar-refractivity contribution < 1.29 is 9.59 Å². The van der Waals surface area contributed by atoms with Gasteiger partial charge in [0.1, 0.15) is 0 Å². The summed E-state index contributed by atoms with van der Waals surface area (Å²) in [5, 5.41) is 0. The van der Waals surface area contributed by atoms with Gasteiger partial charge in [-0.25, -0.2) is 0 Å². The lowest BCUT2D eigenvalue weighted by Gasteiger charge is -2.42. The lowest BCUT2D eigenvalue weighted by molar-refractivity contribution is 0.0971. The molecule has 4 aliphatic rings. The fourth-order valence-corrected chi connectivity index (χ4v) is 6.57. The van der Waals surface area contributed by atoms with E-state index in [-0.39, 0.29) is 17.0 Å². The van der Waals surface area contributed by atoms with Gasteiger partial charge in [0.25, 0.3) is 0 Å². The van der Waals surface area contributed by atoms with E-state index in [2.05, 4.69) is 47.9 Å². The highest BCUT2D eigenvalue weighted by Crippen LogP contribution is 2.47. The molecule has 4 heterocycles. The first-order valence-electron chi connectivity index (χ1n) is 11.9. The summed E-state index contributed by atoms with van der Waals surface area (Å²) in [5.41, 5.74) is 9.51. The molecule has 0 bridgehead atoms. The monoisotopic (exact) mass is 414 g/mol. The summed E-state index contributed by atoms with van der Waals surface area (Å²) < 4.78 is 0. The van der Waals surface area contributed by atoms with Crippen molar-refractivity contribution >= 4 is 22.9 Å². The number of anilines is 2. The lowest BCUT2D eigenvalue weighted by Crippen LogP contribution is -2.39. The van der Waals surface area contributed by atoms with Crippen molar-refractivity contribution in [3.8, 4) is 0 Å². The van der Waals surface area contributed by atoms with E-state index in [9.17, 15) is 9.59 Å². The van der Waals surface area contributed by atoms with Gasteiger partial charge in [0.15, 0.2) is 11.6 Å². The first-order chi connectivity index (χ1) is 15.0. The number of ketones is 2. The molecule has 2 aromatic rings. The molecule has 0 aromatic heterocycles. The van der Waals surface area contributed by atoms with Crippen LogP contribution < -0.4 is 9.80 Å². The second-order valence-electron chi connectivity index (χ2n) is 10.1. The van der Waals surface area contributed by atoms with Crippen LogP contribution in [0.25, 0.3) is 0 Å². The van der Waals surface area contributed by atoms with Crippen molar-refractivity contribution in [2.24, 2.45) is 0 Å². The second kappa shape index (κ2) is 6.69. The first-order valence-corrected chi connectivity index (χ1v) is 11.9. The van der Waals surface area contributed by atoms with E-state index in [1.165, 1.54) is 33.6 Å². The molecule has 4 heteroatoms. The number of benzene rings is 2. The van der Waals surface area contributed by atoms with Gasteiger partial charge in [-0.1, -0.05) is 26.0 Å². The van der Waals surface area contributed by atoms with Crippen molar-refractivity contribution in [2.45, 2.75) is 57.8 Å². The Morgan fingerprint density at radius 2 is 1.10 bits per heavy atom. The minimum atomic E-state index is -0.179. The van der Waals surface area contributed by atoms with Crippen LogP contribution in [0.3, 0.4) is 0 Å². The molecule has 0 fully saturated rings. The summed E-state index contributed by atoms with van der Waals surface area (Å²) in [5.74, 6) is 0.577. The fourth-order valence-electron chi connectivity index (χ4n) is 6.57. The standard InChI is InChI=1S/C27H30N2O2/c1-27(2,21-9-7-19-23(30)11-15-28-13-3-5-17(21)25(19)28)22-10-8-20-24(31)12-16-29-14-4-6-18(22)26(20)29/h7-10H,3-6,11-16H2,1-2H3. The van der Waals surface area contributed by atoms with Crippen molar-refractivity contribution in [2.75, 3.05) is 36.0 Å². The zero-order valence-electron chi connectivity index (χ0n) is 18.6. The van der Waals surface area contributed by atoms with E-state index in [1.807, 2.05) is 0 Å². The number of hydrogen-bond donors (Lipinski definition) is 0. The average Bonchev–Trinajstić information content (AvgIpc) is 2.78. The van der Waals surface area contributed by atoms with Gasteiger partial charge in [0.05, 0.1) is 11.4 Å². The van der Waals surface area contributed by atoms with Crippen molar-refractivity contribution in [3.63, 3.8) is 0 Å². The van der Waals surface area contributed by atoms with E-state index in [1.54, 1.807) is 0 Å². The number of rotatable bonds is 2. The van der Waals surface area contributed by atoms with E-state index in [0.29, 0.717) is 12.8 Å². The summed E-state index contributed by atoms with van der Waals surface area (Å²) in [6, 6.07) is 8.60. The molecule has 0 saturated carbocycles. The van der Waals surface area contributed by atoms with Crippen LogP contribution in [-0.4, -0.2) is 37.7 Å². The Bertz CT molecular complexity index is 1040. The Kier molecular flexibility index (Phi) is 4.12. The molecular formula is C27H30N2O2. The Labute approximate surface area is 184 Å². The Morgan fingerprint density at radius 3 is 1.55 bits per heavy atom. The third-order valence-corrected chi connectivity index (χ3v) is 8.07. The molecule has 31 heavy (non-hydrogen) atoms. The lowest BCUT2D eigenvalue weighted by atomic mass is 9.70. The van der Waals surface area contributed by atoms with Crippen molar-refractivity contribution in [1.82, 2.24) is 0 Å². The van der Waals surface area contributed by atoms with Crippen LogP contribution in [0.15, 0.2) is 24.3 Å². The van der Waals surface area contributed by atoms with E-state index >= 15 is 0 Å². The molecule has 0 aliphatic carbocycles. The van der Waals surface area contributed by atoms with Crippen LogP contribution in [0.5, 0.6) is 0 Å². The largest absolute Gasteiger partial charge is 0.370 e. The number of carbonyl (C=O) groups is 2. The maximum Gasteiger partial charge on any atom is 0.166 e. The molecule has 0 atom stereocenters. The third-order valence-electron chi connectivity index (χ3n) is 8.07. The van der Waals surface area contributed by atoms with Gasteiger partial charge < -0.3 is 9.80 Å². The molecule has 6 rings (SSSR count). The molecule has 4 nitrogen and oxygen atoms in total. The van der Waals surface area contributed by atoms with Crippen molar-refractivity contribution in [3.05, 3.63) is 57.6 Å². The SMILES string of the molecule is CC(C)(c1ccc2c3c1CCCN3CCC2=O)c1ccc2c3c1CCCN3CCC2=O. The molecule has 0 amide bonds. The quantitative estimate of drug-likeness (QED) is 0.715. The van der Waals surface area contributed by atoms with Gasteiger partial charge in [-0.05, 0) is 60.1 Å². The van der Waals surface area contributed by atoms with Gasteiger partial charge in [0.2, 0.25) is 0 Å². The summed E-state index contributed by atoms with van der Waals surface area (Å²) in [7, 11) is 0. The summed E-state index contributed by atoms with van der Waals surface area (Å²) in [6.45, 7) is 8.47. The Balaban J connectivity index is 1.55. The average molecular weight is 415 g/mol. The maximum atomic E-state index is 12.6. The molecule has 0 unspecified atom stereocenters. The zero-order chi connectivity index (χ0) is 21.3. The molecule has 0 saturated heterocycles. The predicted octanol–water partition coefficient (Wildman–Crippen LogP) is 4.69. The topological polar surface area (TPSA) is 40.6 Å². The van der Waals surface area contributed by atoms with Gasteiger partial charge in [-0.15, -0.1) is 0 Å². The third kappa shape index (κ3) is 2.66. The normalized spacial score (nSPS) is 19.9. The minimum absolute atomic E-state index is 0.179. The maximum absolute atomic E-state index is 12.6. The Morgan fingerprint density at radius 1 is 0.645 bits per heavy atom. The highest BCUT2D eigenvalue weighted by atomic mass is 16.1. The highest BCUT2D eigenvalue weighted by molar-refractivity contribution is 6.05. The first kappa shape index (κ1) is 19.1. The molecule has 0 N–H and O–H groups in total. The predicted molar refractivity (Wildman–Crippen MR) is 124 cm³/mol. The number of hydrogen-bond acceptors (Lipinski definition) is 4. The molecule has 160 valence electrons. The number of carbonyl (C=O) groups excluding carboxylic acids is 2. The van der Waals surface area contributed by atoms with Gasteiger partial charge in [0, 0.05) is 55.6 Å². The molecule has 4 aliphatic heterocycles. The number of nitrogens with zero attached hydrogens (tertiary/aromatic N) is 2. The van der Waals surface area contributed by atoms with E-state index in [0.717, 1.165) is 63.0 Å². The van der Waals surface area contributed by atoms with E-state index < -0.39 is 0 Å². The molecule has 2 aromatic carbocycles. The van der Waals surface area contributed by atoms with Crippen LogP contribution in [0.1, 0.15) is 82.5 Å². The van der Waals surface area contributed by atoms with Crippen LogP contribution >= 0.6 is 0 Å². The molecule has 0 spiro atoms. The van der Waals surface area contributed by atoms with Crippen LogP contribution in [-0.2, 0) is 18.3 Å².